The van der Waals surface area contributed by atoms with Crippen molar-refractivity contribution < 1.29 is 22.5 Å². The normalized spacial score (nSPS) is 51.2. The highest BCUT2D eigenvalue weighted by atomic mass is 16.3. The van der Waals surface area contributed by atoms with Gasteiger partial charge in [0.25, 0.3) is 0 Å². The lowest BCUT2D eigenvalue weighted by Crippen LogP contribution is -2.35. The summed E-state index contributed by atoms with van der Waals surface area (Å²) in [6, 6.07) is 0. The van der Waals surface area contributed by atoms with Crippen LogP contribution in [0.15, 0.2) is 12.2 Å². The molecule has 0 bridgehead atoms. The van der Waals surface area contributed by atoms with Crippen molar-refractivity contribution >= 4 is 0 Å². The SMILES string of the molecule is [2H]C([2H])([2H])C(O)([C@@H]1C=C[C@](O)(C([2H])([2H])[2H])CC1)C([2H])([2H])[2H]. The molecule has 70 valence electrons. The molecule has 1 aliphatic carbocycles. The summed E-state index contributed by atoms with van der Waals surface area (Å²) >= 11 is 0. The Labute approximate surface area is 86.6 Å². The van der Waals surface area contributed by atoms with Crippen LogP contribution in [0.4, 0.5) is 0 Å². The van der Waals surface area contributed by atoms with E-state index >= 15 is 0 Å². The van der Waals surface area contributed by atoms with Gasteiger partial charge in [-0.15, -0.1) is 0 Å². The van der Waals surface area contributed by atoms with Crippen molar-refractivity contribution in [2.75, 3.05) is 0 Å². The van der Waals surface area contributed by atoms with Crippen LogP contribution in [-0.2, 0) is 0 Å². The average molecular weight is 179 g/mol. The Morgan fingerprint density at radius 3 is 2.83 bits per heavy atom. The van der Waals surface area contributed by atoms with Crippen molar-refractivity contribution in [1.29, 1.82) is 0 Å². The van der Waals surface area contributed by atoms with Gasteiger partial charge in [-0.2, -0.15) is 0 Å². The molecule has 0 spiro atoms. The quantitative estimate of drug-likeness (QED) is 0.598. The van der Waals surface area contributed by atoms with E-state index in [1.165, 1.54) is 0 Å². The minimum Gasteiger partial charge on any atom is -0.390 e. The smallest absolute Gasteiger partial charge is 0.0800 e. The maximum absolute atomic E-state index is 10.3. The molecule has 2 nitrogen and oxygen atoms in total. The molecule has 0 heterocycles. The lowest BCUT2D eigenvalue weighted by Gasteiger charge is -2.33. The van der Waals surface area contributed by atoms with E-state index in [0.29, 0.717) is 0 Å². The van der Waals surface area contributed by atoms with E-state index in [-0.39, 0.29) is 12.8 Å². The summed E-state index contributed by atoms with van der Waals surface area (Å²) in [6.07, 6.45) is 1.23. The predicted molar refractivity (Wildman–Crippen MR) is 48.8 cm³/mol. The van der Waals surface area contributed by atoms with Crippen LogP contribution < -0.4 is 0 Å². The summed E-state index contributed by atoms with van der Waals surface area (Å²) in [5.41, 5.74) is -5.14. The second-order valence-electron chi connectivity index (χ2n) is 3.19. The Morgan fingerprint density at radius 1 is 1.67 bits per heavy atom. The minimum absolute atomic E-state index is 0.265. The Bertz CT molecular complexity index is 406. The largest absolute Gasteiger partial charge is 0.390 e. The Kier molecular flexibility index (Phi) is 0.739. The molecule has 2 N–H and O–H groups in total. The topological polar surface area (TPSA) is 40.5 Å². The first-order chi connectivity index (χ1) is 9.06. The molecular weight excluding hydrogens is 152 g/mol. The van der Waals surface area contributed by atoms with Crippen LogP contribution in [0.1, 0.15) is 45.7 Å². The van der Waals surface area contributed by atoms with Crippen molar-refractivity contribution in [3.63, 3.8) is 0 Å². The molecule has 12 heavy (non-hydrogen) atoms. The van der Waals surface area contributed by atoms with E-state index in [4.69, 9.17) is 12.3 Å². The van der Waals surface area contributed by atoms with Crippen LogP contribution in [0.3, 0.4) is 0 Å². The van der Waals surface area contributed by atoms with E-state index in [9.17, 15) is 10.2 Å². The average Bonchev–Trinajstić information content (AvgIpc) is 2.24. The first kappa shape index (κ1) is 3.10. The van der Waals surface area contributed by atoms with Gasteiger partial charge in [0.15, 0.2) is 0 Å². The third-order valence-corrected chi connectivity index (χ3v) is 1.98. The summed E-state index contributed by atoms with van der Waals surface area (Å²) in [5, 5.41) is 20.3. The molecule has 0 radical (unpaired) electrons. The molecule has 0 aromatic carbocycles. The van der Waals surface area contributed by atoms with Crippen LogP contribution >= 0.6 is 0 Å². The summed E-state index contributed by atoms with van der Waals surface area (Å²) in [7, 11) is 0. The fraction of sp³-hybridized carbons (Fsp3) is 0.800. The zero-order chi connectivity index (χ0) is 16.9. The van der Waals surface area contributed by atoms with E-state index < -0.39 is 37.7 Å². The molecule has 0 amide bonds. The minimum atomic E-state index is -3.18. The Balaban J connectivity index is 3.21. The third kappa shape index (κ3) is 2.32. The molecule has 2 heteroatoms. The van der Waals surface area contributed by atoms with Crippen molar-refractivity contribution in [3.8, 4) is 0 Å². The van der Waals surface area contributed by atoms with E-state index in [0.717, 1.165) is 12.2 Å². The molecule has 0 aromatic heterocycles. The van der Waals surface area contributed by atoms with Crippen molar-refractivity contribution in [2.45, 2.75) is 44.6 Å². The van der Waals surface area contributed by atoms with Gasteiger partial charge in [0.1, 0.15) is 0 Å². The van der Waals surface area contributed by atoms with Gasteiger partial charge >= 0.3 is 0 Å². The first-order valence-corrected chi connectivity index (χ1v) is 3.70. The van der Waals surface area contributed by atoms with Gasteiger partial charge < -0.3 is 10.2 Å². The fourth-order valence-electron chi connectivity index (χ4n) is 1.18. The molecule has 0 fully saturated rings. The third-order valence-electron chi connectivity index (χ3n) is 1.98. The molecule has 0 saturated carbocycles. The molecule has 0 aliphatic heterocycles. The lowest BCUT2D eigenvalue weighted by atomic mass is 9.79. The van der Waals surface area contributed by atoms with Gasteiger partial charge in [0, 0.05) is 18.3 Å². The zero-order valence-corrected chi connectivity index (χ0v) is 6.54. The maximum atomic E-state index is 10.3. The second kappa shape index (κ2) is 2.86. The van der Waals surface area contributed by atoms with Crippen molar-refractivity contribution in [2.24, 2.45) is 5.92 Å². The summed E-state index contributed by atoms with van der Waals surface area (Å²) in [6.45, 7) is -9.07. The van der Waals surface area contributed by atoms with Gasteiger partial charge in [-0.1, -0.05) is 12.2 Å². The van der Waals surface area contributed by atoms with Gasteiger partial charge in [-0.3, -0.25) is 0 Å². The van der Waals surface area contributed by atoms with Gasteiger partial charge in [-0.25, -0.2) is 0 Å². The monoisotopic (exact) mass is 179 g/mol. The maximum Gasteiger partial charge on any atom is 0.0800 e. The number of rotatable bonds is 1. The van der Waals surface area contributed by atoms with Crippen LogP contribution in [0.2, 0.25) is 0 Å². The molecule has 0 unspecified atom stereocenters. The zero-order valence-electron chi connectivity index (χ0n) is 15.5. The summed E-state index contributed by atoms with van der Waals surface area (Å²) in [5.74, 6) is -1.31. The van der Waals surface area contributed by atoms with Gasteiger partial charge in [0.05, 0.1) is 11.2 Å². The van der Waals surface area contributed by atoms with Crippen LogP contribution in [0.5, 0.6) is 0 Å². The molecule has 0 aromatic rings. The lowest BCUT2D eigenvalue weighted by molar-refractivity contribution is 0.0114. The fourth-order valence-corrected chi connectivity index (χ4v) is 1.18. The predicted octanol–water partition coefficient (Wildman–Crippen LogP) is 1.47. The highest BCUT2D eigenvalue weighted by Gasteiger charge is 2.31. The van der Waals surface area contributed by atoms with Gasteiger partial charge in [0.2, 0.25) is 0 Å². The van der Waals surface area contributed by atoms with Crippen molar-refractivity contribution in [3.05, 3.63) is 12.2 Å². The second-order valence-corrected chi connectivity index (χ2v) is 3.19. The number of hydrogen-bond donors (Lipinski definition) is 2. The van der Waals surface area contributed by atoms with Gasteiger partial charge in [-0.05, 0) is 33.4 Å². The molecule has 1 aliphatic rings. The number of aliphatic hydroxyl groups is 2. The molecule has 1 rings (SSSR count). The highest BCUT2D eigenvalue weighted by Crippen LogP contribution is 2.31. The van der Waals surface area contributed by atoms with E-state index in [2.05, 4.69) is 0 Å². The molecular formula is C10H18O2. The van der Waals surface area contributed by atoms with E-state index in [1.54, 1.807) is 0 Å². The van der Waals surface area contributed by atoms with Crippen molar-refractivity contribution in [1.82, 2.24) is 0 Å². The molecule has 2 atom stereocenters. The van der Waals surface area contributed by atoms with Crippen LogP contribution in [-0.4, -0.2) is 21.4 Å². The summed E-state index contributed by atoms with van der Waals surface area (Å²) in [4.78, 5) is 0. The Morgan fingerprint density at radius 2 is 2.42 bits per heavy atom. The molecule has 0 saturated heterocycles. The summed E-state index contributed by atoms with van der Waals surface area (Å²) < 4.78 is 65.6. The van der Waals surface area contributed by atoms with Crippen LogP contribution in [0, 0.1) is 5.92 Å². The standard InChI is InChI=1S/C10H18O2/c1-9(2,11)8-4-6-10(3,12)7-5-8/h4,6,8,11-12H,5,7H2,1-3H3/t8-,10-/m1/s1/i1D3,2D3,3D3. The first-order valence-electron chi connectivity index (χ1n) is 8.20. The van der Waals surface area contributed by atoms with Crippen LogP contribution in [0.25, 0.3) is 0 Å². The van der Waals surface area contributed by atoms with E-state index in [1.807, 2.05) is 0 Å². The highest BCUT2D eigenvalue weighted by molar-refractivity contribution is 5.08. The number of hydrogen-bond acceptors (Lipinski definition) is 2. The Hall–Kier alpha value is -0.340.